The third kappa shape index (κ3) is 4.11. The monoisotopic (exact) mass is 255 g/mol. The van der Waals surface area contributed by atoms with Crippen molar-refractivity contribution in [2.45, 2.75) is 25.9 Å². The molecule has 1 unspecified atom stereocenters. The predicted molar refractivity (Wildman–Crippen MR) is 80.3 cm³/mol. The van der Waals surface area contributed by atoms with E-state index in [9.17, 15) is 0 Å². The summed E-state index contributed by atoms with van der Waals surface area (Å²) in [4.78, 5) is 0. The minimum absolute atomic E-state index is 0.214. The summed E-state index contributed by atoms with van der Waals surface area (Å²) in [5.41, 5.74) is 7.94. The number of nitrogens with two attached hydrogens (primary N) is 1. The van der Waals surface area contributed by atoms with Gasteiger partial charge in [-0.1, -0.05) is 42.5 Å². The first kappa shape index (κ1) is 13.6. The van der Waals surface area contributed by atoms with Gasteiger partial charge in [-0.25, -0.2) is 0 Å². The van der Waals surface area contributed by atoms with Gasteiger partial charge in [-0.05, 0) is 49.6 Å². The van der Waals surface area contributed by atoms with Crippen molar-refractivity contribution >= 4 is 0 Å². The Morgan fingerprint density at radius 2 is 1.58 bits per heavy atom. The van der Waals surface area contributed by atoms with Gasteiger partial charge in [0, 0.05) is 0 Å². The fourth-order valence-electron chi connectivity index (χ4n) is 2.05. The van der Waals surface area contributed by atoms with Crippen LogP contribution in [0.5, 0.6) is 5.75 Å². The molecule has 0 aromatic heterocycles. The highest BCUT2D eigenvalue weighted by molar-refractivity contribution is 5.63. The normalized spacial score (nSPS) is 12.1. The minimum Gasteiger partial charge on any atom is -0.491 e. The van der Waals surface area contributed by atoms with Crippen LogP contribution in [0.15, 0.2) is 54.6 Å². The lowest BCUT2D eigenvalue weighted by Crippen LogP contribution is -2.13. The van der Waals surface area contributed by atoms with E-state index in [0.29, 0.717) is 0 Å². The van der Waals surface area contributed by atoms with E-state index in [-0.39, 0.29) is 6.10 Å². The standard InChI is InChI=1S/C17H21NO/c1-14(6-5-13-18)19-17-11-9-16(10-12-17)15-7-3-2-4-8-15/h2-4,7-12,14H,5-6,13,18H2,1H3. The summed E-state index contributed by atoms with van der Waals surface area (Å²) >= 11 is 0. The highest BCUT2D eigenvalue weighted by atomic mass is 16.5. The van der Waals surface area contributed by atoms with Gasteiger partial charge in [0.25, 0.3) is 0 Å². The van der Waals surface area contributed by atoms with Gasteiger partial charge in [0.2, 0.25) is 0 Å². The first-order valence-electron chi connectivity index (χ1n) is 6.82. The molecule has 0 fully saturated rings. The molecular weight excluding hydrogens is 234 g/mol. The lowest BCUT2D eigenvalue weighted by molar-refractivity contribution is 0.209. The Morgan fingerprint density at radius 3 is 2.21 bits per heavy atom. The Morgan fingerprint density at radius 1 is 0.947 bits per heavy atom. The molecule has 2 heteroatoms. The summed E-state index contributed by atoms with van der Waals surface area (Å²) in [6.07, 6.45) is 2.21. The third-order valence-corrected chi connectivity index (χ3v) is 3.11. The topological polar surface area (TPSA) is 35.2 Å². The maximum atomic E-state index is 5.85. The Bertz CT molecular complexity index is 478. The number of hydrogen-bond acceptors (Lipinski definition) is 2. The molecule has 2 aromatic carbocycles. The molecule has 0 spiro atoms. The molecule has 2 rings (SSSR count). The SMILES string of the molecule is CC(CCCN)Oc1ccc(-c2ccccc2)cc1. The largest absolute Gasteiger partial charge is 0.491 e. The molecule has 2 nitrogen and oxygen atoms in total. The Labute approximate surface area is 115 Å². The van der Waals surface area contributed by atoms with Crippen LogP contribution in [0.2, 0.25) is 0 Å². The van der Waals surface area contributed by atoms with Crippen molar-refractivity contribution in [2.24, 2.45) is 5.73 Å². The van der Waals surface area contributed by atoms with E-state index in [4.69, 9.17) is 10.5 Å². The predicted octanol–water partition coefficient (Wildman–Crippen LogP) is 3.86. The maximum Gasteiger partial charge on any atom is 0.119 e. The molecule has 0 bridgehead atoms. The Kier molecular flexibility index (Phi) is 4.99. The lowest BCUT2D eigenvalue weighted by Gasteiger charge is -2.14. The lowest BCUT2D eigenvalue weighted by atomic mass is 10.1. The van der Waals surface area contributed by atoms with Crippen LogP contribution in [-0.2, 0) is 0 Å². The van der Waals surface area contributed by atoms with Gasteiger partial charge in [0.1, 0.15) is 5.75 Å². The van der Waals surface area contributed by atoms with Crippen LogP contribution in [0.1, 0.15) is 19.8 Å². The fourth-order valence-corrected chi connectivity index (χ4v) is 2.05. The summed E-state index contributed by atoms with van der Waals surface area (Å²) in [6.45, 7) is 2.81. The molecule has 1 atom stereocenters. The second kappa shape index (κ2) is 6.95. The summed E-state index contributed by atoms with van der Waals surface area (Å²) in [5.74, 6) is 0.921. The van der Waals surface area contributed by atoms with Crippen molar-refractivity contribution in [3.8, 4) is 16.9 Å². The van der Waals surface area contributed by atoms with E-state index >= 15 is 0 Å². The van der Waals surface area contributed by atoms with Gasteiger partial charge in [-0.15, -0.1) is 0 Å². The maximum absolute atomic E-state index is 5.85. The smallest absolute Gasteiger partial charge is 0.119 e. The van der Waals surface area contributed by atoms with Gasteiger partial charge in [0.05, 0.1) is 6.10 Å². The van der Waals surface area contributed by atoms with E-state index in [0.717, 1.165) is 25.1 Å². The Balaban J connectivity index is 1.99. The zero-order valence-electron chi connectivity index (χ0n) is 11.4. The van der Waals surface area contributed by atoms with Crippen molar-refractivity contribution in [1.82, 2.24) is 0 Å². The molecule has 0 aliphatic heterocycles. The molecule has 19 heavy (non-hydrogen) atoms. The highest BCUT2D eigenvalue weighted by Crippen LogP contribution is 2.22. The van der Waals surface area contributed by atoms with Crippen molar-refractivity contribution in [2.75, 3.05) is 6.54 Å². The molecule has 2 N–H and O–H groups in total. The zero-order chi connectivity index (χ0) is 13.5. The number of ether oxygens (including phenoxy) is 1. The minimum atomic E-state index is 0.214. The van der Waals surface area contributed by atoms with Gasteiger partial charge >= 0.3 is 0 Å². The van der Waals surface area contributed by atoms with Crippen LogP contribution in [0, 0.1) is 0 Å². The van der Waals surface area contributed by atoms with Crippen LogP contribution in [-0.4, -0.2) is 12.6 Å². The van der Waals surface area contributed by atoms with Crippen molar-refractivity contribution in [3.63, 3.8) is 0 Å². The van der Waals surface area contributed by atoms with E-state index in [1.807, 2.05) is 18.2 Å². The molecule has 0 aliphatic carbocycles. The molecule has 0 radical (unpaired) electrons. The third-order valence-electron chi connectivity index (χ3n) is 3.11. The quantitative estimate of drug-likeness (QED) is 0.850. The summed E-state index contributed by atoms with van der Waals surface area (Å²) in [6, 6.07) is 18.6. The van der Waals surface area contributed by atoms with Gasteiger partial charge in [-0.2, -0.15) is 0 Å². The summed E-state index contributed by atoms with van der Waals surface area (Å²) < 4.78 is 5.85. The second-order valence-corrected chi connectivity index (χ2v) is 4.75. The number of benzene rings is 2. The van der Waals surface area contributed by atoms with Gasteiger partial charge < -0.3 is 10.5 Å². The molecule has 0 heterocycles. The van der Waals surface area contributed by atoms with Crippen molar-refractivity contribution in [3.05, 3.63) is 54.6 Å². The van der Waals surface area contributed by atoms with Gasteiger partial charge in [-0.3, -0.25) is 0 Å². The van der Waals surface area contributed by atoms with Crippen molar-refractivity contribution in [1.29, 1.82) is 0 Å². The zero-order valence-corrected chi connectivity index (χ0v) is 11.4. The summed E-state index contributed by atoms with van der Waals surface area (Å²) in [7, 11) is 0. The second-order valence-electron chi connectivity index (χ2n) is 4.75. The number of rotatable bonds is 6. The highest BCUT2D eigenvalue weighted by Gasteiger charge is 2.04. The van der Waals surface area contributed by atoms with E-state index in [1.54, 1.807) is 0 Å². The molecule has 0 saturated heterocycles. The average molecular weight is 255 g/mol. The van der Waals surface area contributed by atoms with E-state index in [2.05, 4.69) is 43.3 Å². The first-order chi connectivity index (χ1) is 9.29. The van der Waals surface area contributed by atoms with E-state index in [1.165, 1.54) is 11.1 Å². The van der Waals surface area contributed by atoms with Crippen molar-refractivity contribution < 1.29 is 4.74 Å². The molecule has 100 valence electrons. The van der Waals surface area contributed by atoms with E-state index < -0.39 is 0 Å². The van der Waals surface area contributed by atoms with Crippen LogP contribution in [0.4, 0.5) is 0 Å². The first-order valence-corrected chi connectivity index (χ1v) is 6.82. The Hall–Kier alpha value is -1.80. The summed E-state index contributed by atoms with van der Waals surface area (Å²) in [5, 5.41) is 0. The average Bonchev–Trinajstić information content (AvgIpc) is 2.47. The van der Waals surface area contributed by atoms with Crippen LogP contribution in [0.3, 0.4) is 0 Å². The molecule has 0 amide bonds. The van der Waals surface area contributed by atoms with Crippen LogP contribution >= 0.6 is 0 Å². The molecular formula is C17H21NO. The van der Waals surface area contributed by atoms with Gasteiger partial charge in [0.15, 0.2) is 0 Å². The van der Waals surface area contributed by atoms with Crippen LogP contribution in [0.25, 0.3) is 11.1 Å². The molecule has 2 aromatic rings. The molecule has 0 saturated carbocycles. The fraction of sp³-hybridized carbons (Fsp3) is 0.294. The number of hydrogen-bond donors (Lipinski definition) is 1. The van der Waals surface area contributed by atoms with Crippen LogP contribution < -0.4 is 10.5 Å². The molecule has 0 aliphatic rings.